The summed E-state index contributed by atoms with van der Waals surface area (Å²) in [6, 6.07) is 17.2. The van der Waals surface area contributed by atoms with Gasteiger partial charge in [-0.3, -0.25) is 9.36 Å². The van der Waals surface area contributed by atoms with Gasteiger partial charge in [0.25, 0.3) is 0 Å². The molecule has 38 heavy (non-hydrogen) atoms. The normalized spacial score (nSPS) is 11.2. The van der Waals surface area contributed by atoms with E-state index in [2.05, 4.69) is 27.1 Å². The molecule has 0 fully saturated rings. The summed E-state index contributed by atoms with van der Waals surface area (Å²) in [5.41, 5.74) is 1.11. The quantitative estimate of drug-likeness (QED) is 0.161. The lowest BCUT2D eigenvalue weighted by molar-refractivity contribution is -0.113. The van der Waals surface area contributed by atoms with Crippen molar-refractivity contribution in [3.63, 3.8) is 0 Å². The fourth-order valence-corrected chi connectivity index (χ4v) is 6.24. The largest absolute Gasteiger partial charge is 0.457 e. The van der Waals surface area contributed by atoms with Gasteiger partial charge in [-0.2, -0.15) is 0 Å². The van der Waals surface area contributed by atoms with Crippen molar-refractivity contribution in [2.24, 2.45) is 0 Å². The van der Waals surface area contributed by atoms with Gasteiger partial charge in [-0.15, -0.1) is 10.2 Å². The number of hydrogen-bond acceptors (Lipinski definition) is 10. The zero-order valence-electron chi connectivity index (χ0n) is 20.2. The topological polar surface area (TPSA) is 133 Å². The summed E-state index contributed by atoms with van der Waals surface area (Å²) < 4.78 is 32.7. The molecule has 0 atom stereocenters. The Kier molecular flexibility index (Phi) is 8.71. The highest BCUT2D eigenvalue weighted by atomic mass is 32.2. The van der Waals surface area contributed by atoms with Gasteiger partial charge < -0.3 is 10.1 Å². The van der Waals surface area contributed by atoms with E-state index in [1.165, 1.54) is 18.2 Å². The molecule has 13 heteroatoms. The molecule has 1 N–H and O–H groups in total. The molecule has 196 valence electrons. The van der Waals surface area contributed by atoms with Crippen LogP contribution in [0, 0.1) is 6.92 Å². The number of nitrogens with zero attached hydrogens (tertiary/aromatic N) is 4. The van der Waals surface area contributed by atoms with E-state index >= 15 is 0 Å². The number of ether oxygens (including phenoxy) is 1. The van der Waals surface area contributed by atoms with E-state index in [1.807, 2.05) is 18.2 Å². The molecule has 4 aromatic rings. The van der Waals surface area contributed by atoms with Crippen LogP contribution in [0.15, 0.2) is 83.4 Å². The molecule has 10 nitrogen and oxygen atoms in total. The van der Waals surface area contributed by atoms with Crippen molar-refractivity contribution in [3.05, 3.63) is 89.7 Å². The molecule has 2 aromatic carbocycles. The van der Waals surface area contributed by atoms with Crippen molar-refractivity contribution < 1.29 is 22.7 Å². The van der Waals surface area contributed by atoms with E-state index < -0.39 is 15.8 Å². The van der Waals surface area contributed by atoms with Crippen LogP contribution in [0.25, 0.3) is 5.69 Å². The standard InChI is InChI=1S/C25H23N5O5S3/c1-3-14-35-23(32)22-17(2)26-24(37-22)27-21(31)15-36-25-29-28-20(30(25)18-10-6-4-7-11-18)16-38(33,34)19-12-8-5-9-13-19/h3-13H,1,14-16H2,2H3,(H,26,27,31). The third kappa shape index (κ3) is 6.54. The number of aromatic nitrogens is 4. The SMILES string of the molecule is C=CCOC(=O)c1sc(NC(=O)CSc2nnc(CS(=O)(=O)c3ccccc3)n2-c2ccccc2)nc1C. The van der Waals surface area contributed by atoms with Gasteiger partial charge in [-0.1, -0.05) is 72.2 Å². The number of benzene rings is 2. The number of anilines is 1. The summed E-state index contributed by atoms with van der Waals surface area (Å²) in [6.07, 6.45) is 1.46. The molecular weight excluding hydrogens is 547 g/mol. The summed E-state index contributed by atoms with van der Waals surface area (Å²) in [5, 5.41) is 11.6. The predicted octanol–water partition coefficient (Wildman–Crippen LogP) is 4.08. The highest BCUT2D eigenvalue weighted by Gasteiger charge is 2.23. The second-order valence-corrected chi connectivity index (χ2v) is 11.7. The van der Waals surface area contributed by atoms with E-state index in [0.29, 0.717) is 21.4 Å². The average molecular weight is 570 g/mol. The number of amides is 1. The van der Waals surface area contributed by atoms with Gasteiger partial charge in [-0.25, -0.2) is 18.2 Å². The lowest BCUT2D eigenvalue weighted by atomic mass is 10.3. The van der Waals surface area contributed by atoms with Gasteiger partial charge in [-0.05, 0) is 31.2 Å². The molecule has 0 spiro atoms. The first-order valence-electron chi connectivity index (χ1n) is 11.2. The number of esters is 1. The number of carbonyl (C=O) groups excluding carboxylic acids is 2. The maximum Gasteiger partial charge on any atom is 0.350 e. The molecule has 0 unspecified atom stereocenters. The van der Waals surface area contributed by atoms with Gasteiger partial charge >= 0.3 is 5.97 Å². The predicted molar refractivity (Wildman–Crippen MR) is 145 cm³/mol. The Bertz CT molecular complexity index is 1550. The van der Waals surface area contributed by atoms with Crippen LogP contribution in [0.4, 0.5) is 5.13 Å². The molecule has 0 aliphatic rings. The fourth-order valence-electron chi connectivity index (χ4n) is 3.33. The van der Waals surface area contributed by atoms with E-state index in [9.17, 15) is 18.0 Å². The third-order valence-electron chi connectivity index (χ3n) is 5.03. The number of para-hydroxylation sites is 1. The third-order valence-corrected chi connectivity index (χ3v) is 8.64. The zero-order chi connectivity index (χ0) is 27.1. The van der Waals surface area contributed by atoms with Crippen LogP contribution in [0.1, 0.15) is 21.2 Å². The van der Waals surface area contributed by atoms with Crippen LogP contribution >= 0.6 is 23.1 Å². The summed E-state index contributed by atoms with van der Waals surface area (Å²) >= 11 is 2.11. The minimum absolute atomic E-state index is 0.0503. The van der Waals surface area contributed by atoms with Crippen LogP contribution in [0.2, 0.25) is 0 Å². The first kappa shape index (κ1) is 27.2. The van der Waals surface area contributed by atoms with Crippen molar-refractivity contribution in [2.45, 2.75) is 22.7 Å². The zero-order valence-corrected chi connectivity index (χ0v) is 22.7. The van der Waals surface area contributed by atoms with Gasteiger partial charge in [0.15, 0.2) is 25.9 Å². The molecule has 1 amide bonds. The Morgan fingerprint density at radius 3 is 2.47 bits per heavy atom. The summed E-state index contributed by atoms with van der Waals surface area (Å²) in [4.78, 5) is 29.5. The molecule has 4 rings (SSSR count). The smallest absolute Gasteiger partial charge is 0.350 e. The van der Waals surface area contributed by atoms with Crippen molar-refractivity contribution in [1.29, 1.82) is 0 Å². The van der Waals surface area contributed by atoms with Gasteiger partial charge in [0.2, 0.25) is 5.91 Å². The van der Waals surface area contributed by atoms with Gasteiger partial charge in [0, 0.05) is 5.69 Å². The molecule has 0 saturated heterocycles. The van der Waals surface area contributed by atoms with E-state index in [0.717, 1.165) is 23.1 Å². The molecule has 2 aromatic heterocycles. The number of thioether (sulfide) groups is 1. The number of rotatable bonds is 11. The molecule has 0 saturated carbocycles. The molecular formula is C25H23N5O5S3. The van der Waals surface area contributed by atoms with E-state index in [1.54, 1.807) is 41.8 Å². The molecule has 2 heterocycles. The maximum atomic E-state index is 13.0. The minimum atomic E-state index is -3.68. The second-order valence-electron chi connectivity index (χ2n) is 7.80. The van der Waals surface area contributed by atoms with Crippen molar-refractivity contribution in [1.82, 2.24) is 19.7 Å². The molecule has 0 bridgehead atoms. The highest BCUT2D eigenvalue weighted by Crippen LogP contribution is 2.26. The maximum absolute atomic E-state index is 13.0. The minimum Gasteiger partial charge on any atom is -0.457 e. The molecule has 0 aliphatic carbocycles. The Balaban J connectivity index is 1.50. The van der Waals surface area contributed by atoms with Crippen LogP contribution in [-0.2, 0) is 25.1 Å². The summed E-state index contributed by atoms with van der Waals surface area (Å²) in [6.45, 7) is 5.23. The number of hydrogen-bond donors (Lipinski definition) is 1. The molecule has 0 aliphatic heterocycles. The highest BCUT2D eigenvalue weighted by molar-refractivity contribution is 7.99. The number of thiazole rings is 1. The Hall–Kier alpha value is -3.81. The van der Waals surface area contributed by atoms with Crippen molar-refractivity contribution in [3.8, 4) is 5.69 Å². The Morgan fingerprint density at radius 2 is 1.79 bits per heavy atom. The lowest BCUT2D eigenvalue weighted by Crippen LogP contribution is -2.15. The van der Waals surface area contributed by atoms with Crippen molar-refractivity contribution >= 4 is 49.9 Å². The van der Waals surface area contributed by atoms with Crippen LogP contribution in [-0.4, -0.2) is 52.4 Å². The summed E-state index contributed by atoms with van der Waals surface area (Å²) in [7, 11) is -3.68. The number of aryl methyl sites for hydroxylation is 1. The Morgan fingerprint density at radius 1 is 1.11 bits per heavy atom. The van der Waals surface area contributed by atoms with Crippen LogP contribution in [0.5, 0.6) is 0 Å². The van der Waals surface area contributed by atoms with E-state index in [-0.39, 0.29) is 39.9 Å². The van der Waals surface area contributed by atoms with Gasteiger partial charge in [0.05, 0.1) is 16.3 Å². The first-order valence-corrected chi connectivity index (χ1v) is 14.7. The molecule has 0 radical (unpaired) electrons. The van der Waals surface area contributed by atoms with Crippen LogP contribution in [0.3, 0.4) is 0 Å². The summed E-state index contributed by atoms with van der Waals surface area (Å²) in [5.74, 6) is -1.11. The average Bonchev–Trinajstić information content (AvgIpc) is 3.49. The number of sulfone groups is 1. The fraction of sp³-hybridized carbons (Fsp3) is 0.160. The Labute approximate surface area is 227 Å². The number of carbonyl (C=O) groups is 2. The first-order chi connectivity index (χ1) is 18.3. The van der Waals surface area contributed by atoms with Crippen molar-refractivity contribution in [2.75, 3.05) is 17.7 Å². The monoisotopic (exact) mass is 569 g/mol. The lowest BCUT2D eigenvalue weighted by Gasteiger charge is -2.10. The van der Waals surface area contributed by atoms with Gasteiger partial charge in [0.1, 0.15) is 17.2 Å². The second kappa shape index (κ2) is 12.2. The van der Waals surface area contributed by atoms with Crippen LogP contribution < -0.4 is 5.32 Å². The van der Waals surface area contributed by atoms with E-state index in [4.69, 9.17) is 4.74 Å². The number of nitrogens with one attached hydrogen (secondary N) is 1.